The summed E-state index contributed by atoms with van der Waals surface area (Å²) in [6, 6.07) is 8.33. The van der Waals surface area contributed by atoms with Crippen LogP contribution in [0.25, 0.3) is 11.3 Å². The molecule has 6 nitrogen and oxygen atoms in total. The van der Waals surface area contributed by atoms with Gasteiger partial charge >= 0.3 is 0 Å². The molecular weight excluding hydrogens is 309 g/mol. The summed E-state index contributed by atoms with van der Waals surface area (Å²) in [5.41, 5.74) is 3.83. The molecule has 2 heterocycles. The third-order valence-electron chi connectivity index (χ3n) is 3.94. The molecule has 3 rings (SSSR count). The zero-order valence-electron chi connectivity index (χ0n) is 13.7. The highest BCUT2D eigenvalue weighted by atomic mass is 19.1. The highest BCUT2D eigenvalue weighted by Gasteiger charge is 2.16. The normalized spacial score (nSPS) is 12.5. The number of methoxy groups -OCH3 is 1. The van der Waals surface area contributed by atoms with Crippen LogP contribution in [-0.4, -0.2) is 33.7 Å². The van der Waals surface area contributed by atoms with Crippen molar-refractivity contribution in [3.8, 4) is 11.3 Å². The number of aryl methyl sites for hydroxylation is 1. The molecule has 2 aromatic heterocycles. The van der Waals surface area contributed by atoms with Crippen molar-refractivity contribution in [3.63, 3.8) is 0 Å². The predicted molar refractivity (Wildman–Crippen MR) is 88.6 cm³/mol. The Morgan fingerprint density at radius 1 is 1.29 bits per heavy atom. The van der Waals surface area contributed by atoms with Crippen molar-refractivity contribution in [2.75, 3.05) is 13.7 Å². The second kappa shape index (κ2) is 7.37. The van der Waals surface area contributed by atoms with Gasteiger partial charge in [0.1, 0.15) is 5.82 Å². The van der Waals surface area contributed by atoms with Crippen LogP contribution < -0.4 is 5.32 Å². The molecule has 0 fully saturated rings. The summed E-state index contributed by atoms with van der Waals surface area (Å²) in [6.45, 7) is 1.13. The van der Waals surface area contributed by atoms with Crippen LogP contribution in [0.1, 0.15) is 17.3 Å². The number of H-pyrrole nitrogens is 1. The topological polar surface area (TPSA) is 67.8 Å². The number of halogens is 1. The maximum atomic E-state index is 13.1. The highest BCUT2D eigenvalue weighted by Crippen LogP contribution is 2.22. The van der Waals surface area contributed by atoms with Gasteiger partial charge in [-0.15, -0.1) is 0 Å². The number of ether oxygens (including phenoxy) is 1. The summed E-state index contributed by atoms with van der Waals surface area (Å²) >= 11 is 0. The molecule has 0 aliphatic rings. The number of benzene rings is 1. The van der Waals surface area contributed by atoms with Gasteiger partial charge in [-0.25, -0.2) is 4.39 Å². The molecule has 0 saturated heterocycles. The number of hydrogen-bond donors (Lipinski definition) is 2. The van der Waals surface area contributed by atoms with E-state index in [9.17, 15) is 4.39 Å². The minimum absolute atomic E-state index is 0.0125. The Bertz CT molecular complexity index is 780. The lowest BCUT2D eigenvalue weighted by Gasteiger charge is -2.18. The van der Waals surface area contributed by atoms with Gasteiger partial charge in [0.2, 0.25) is 0 Å². The predicted octanol–water partition coefficient (Wildman–Crippen LogP) is 2.43. The molecular formula is C17H20FN5O. The maximum absolute atomic E-state index is 13.1. The first kappa shape index (κ1) is 16.4. The van der Waals surface area contributed by atoms with E-state index in [-0.39, 0.29) is 11.9 Å². The van der Waals surface area contributed by atoms with E-state index in [0.29, 0.717) is 13.2 Å². The third-order valence-corrected chi connectivity index (χ3v) is 3.94. The molecule has 0 saturated carbocycles. The van der Waals surface area contributed by atoms with Crippen LogP contribution >= 0.6 is 0 Å². The van der Waals surface area contributed by atoms with Gasteiger partial charge in [0, 0.05) is 38.0 Å². The summed E-state index contributed by atoms with van der Waals surface area (Å²) in [6.07, 6.45) is 3.54. The fourth-order valence-corrected chi connectivity index (χ4v) is 2.69. The quantitative estimate of drug-likeness (QED) is 0.698. The summed E-state index contributed by atoms with van der Waals surface area (Å²) in [7, 11) is 3.58. The van der Waals surface area contributed by atoms with Gasteiger partial charge in [0.25, 0.3) is 0 Å². The molecule has 0 aliphatic carbocycles. The molecule has 2 N–H and O–H groups in total. The van der Waals surface area contributed by atoms with Gasteiger partial charge in [0.15, 0.2) is 0 Å². The van der Waals surface area contributed by atoms with Crippen LogP contribution in [0.3, 0.4) is 0 Å². The van der Waals surface area contributed by atoms with E-state index in [1.165, 1.54) is 12.1 Å². The number of aromatic nitrogens is 4. The van der Waals surface area contributed by atoms with Crippen molar-refractivity contribution in [2.24, 2.45) is 7.05 Å². The molecule has 0 spiro atoms. The molecule has 0 unspecified atom stereocenters. The molecule has 0 aliphatic heterocycles. The zero-order chi connectivity index (χ0) is 16.9. The first-order chi connectivity index (χ1) is 11.7. The van der Waals surface area contributed by atoms with Crippen LogP contribution in [0.15, 0.2) is 42.7 Å². The number of hydrogen-bond acceptors (Lipinski definition) is 4. The molecule has 0 amide bonds. The second-order valence-electron chi connectivity index (χ2n) is 5.55. The fourth-order valence-electron chi connectivity index (χ4n) is 2.69. The monoisotopic (exact) mass is 329 g/mol. The molecule has 126 valence electrons. The first-order valence-electron chi connectivity index (χ1n) is 7.67. The minimum atomic E-state index is -0.255. The van der Waals surface area contributed by atoms with Crippen molar-refractivity contribution in [1.82, 2.24) is 25.3 Å². The van der Waals surface area contributed by atoms with E-state index < -0.39 is 0 Å². The minimum Gasteiger partial charge on any atom is -0.383 e. The standard InChI is InChI=1S/C17H20FN5O/c1-23-16(7-8-21-23)15(11-24-2)19-9-13-10-20-22-17(13)12-3-5-14(18)6-4-12/h3-8,10,15,19H,9,11H2,1-2H3,(H,20,22)/t15-/m0/s1. The van der Waals surface area contributed by atoms with Gasteiger partial charge < -0.3 is 10.1 Å². The Balaban J connectivity index is 1.75. The maximum Gasteiger partial charge on any atom is 0.123 e. The average molecular weight is 329 g/mol. The largest absolute Gasteiger partial charge is 0.383 e. The zero-order valence-corrected chi connectivity index (χ0v) is 13.7. The van der Waals surface area contributed by atoms with Crippen molar-refractivity contribution >= 4 is 0 Å². The number of nitrogens with zero attached hydrogens (tertiary/aromatic N) is 3. The molecule has 0 radical (unpaired) electrons. The Morgan fingerprint density at radius 2 is 2.08 bits per heavy atom. The third kappa shape index (κ3) is 3.52. The summed E-state index contributed by atoms with van der Waals surface area (Å²) in [5.74, 6) is -0.255. The smallest absolute Gasteiger partial charge is 0.123 e. The summed E-state index contributed by atoms with van der Waals surface area (Å²) in [4.78, 5) is 0. The van der Waals surface area contributed by atoms with Crippen molar-refractivity contribution in [1.29, 1.82) is 0 Å². The molecule has 24 heavy (non-hydrogen) atoms. The van der Waals surface area contributed by atoms with E-state index in [0.717, 1.165) is 22.5 Å². The van der Waals surface area contributed by atoms with Crippen LogP contribution in [-0.2, 0) is 18.3 Å². The van der Waals surface area contributed by atoms with Gasteiger partial charge in [-0.1, -0.05) is 0 Å². The van der Waals surface area contributed by atoms with E-state index in [1.54, 1.807) is 31.6 Å². The molecule has 1 atom stereocenters. The lowest BCUT2D eigenvalue weighted by molar-refractivity contribution is 0.163. The Labute approximate surface area is 139 Å². The van der Waals surface area contributed by atoms with Crippen LogP contribution in [0.4, 0.5) is 4.39 Å². The van der Waals surface area contributed by atoms with Gasteiger partial charge in [-0.2, -0.15) is 10.2 Å². The van der Waals surface area contributed by atoms with E-state index in [4.69, 9.17) is 4.74 Å². The number of aromatic amines is 1. The van der Waals surface area contributed by atoms with E-state index >= 15 is 0 Å². The SMILES string of the molecule is COC[C@H](NCc1cn[nH]c1-c1ccc(F)cc1)c1ccnn1C. The Kier molecular flexibility index (Phi) is 5.02. The lowest BCUT2D eigenvalue weighted by Crippen LogP contribution is -2.27. The van der Waals surface area contributed by atoms with Crippen molar-refractivity contribution in [2.45, 2.75) is 12.6 Å². The average Bonchev–Trinajstić information content (AvgIpc) is 3.21. The molecule has 1 aromatic carbocycles. The van der Waals surface area contributed by atoms with Gasteiger partial charge in [-0.3, -0.25) is 9.78 Å². The number of nitrogens with one attached hydrogen (secondary N) is 2. The van der Waals surface area contributed by atoms with E-state index in [2.05, 4.69) is 20.6 Å². The van der Waals surface area contributed by atoms with Crippen molar-refractivity contribution in [3.05, 3.63) is 59.8 Å². The van der Waals surface area contributed by atoms with Crippen LogP contribution in [0.2, 0.25) is 0 Å². The summed E-state index contributed by atoms with van der Waals surface area (Å²) in [5, 5.41) is 14.8. The second-order valence-corrected chi connectivity index (χ2v) is 5.55. The van der Waals surface area contributed by atoms with Gasteiger partial charge in [-0.05, 0) is 30.3 Å². The molecule has 3 aromatic rings. The van der Waals surface area contributed by atoms with Crippen LogP contribution in [0.5, 0.6) is 0 Å². The Hall–Kier alpha value is -2.51. The molecule has 0 bridgehead atoms. The van der Waals surface area contributed by atoms with E-state index in [1.807, 2.05) is 17.8 Å². The van der Waals surface area contributed by atoms with Crippen LogP contribution in [0, 0.1) is 5.82 Å². The first-order valence-corrected chi connectivity index (χ1v) is 7.67. The van der Waals surface area contributed by atoms with Crippen molar-refractivity contribution < 1.29 is 9.13 Å². The fraction of sp³-hybridized carbons (Fsp3) is 0.294. The van der Waals surface area contributed by atoms with Gasteiger partial charge in [0.05, 0.1) is 30.2 Å². The lowest BCUT2D eigenvalue weighted by atomic mass is 10.1. The molecule has 7 heteroatoms. The number of rotatable bonds is 7. The summed E-state index contributed by atoms with van der Waals surface area (Å²) < 4.78 is 20.2. The highest BCUT2D eigenvalue weighted by molar-refractivity contribution is 5.62. The Morgan fingerprint density at radius 3 is 2.75 bits per heavy atom.